The zero-order valence-electron chi connectivity index (χ0n) is 28.8. The number of aliphatic hydroxyl groups is 3. The van der Waals surface area contributed by atoms with E-state index >= 15 is 0 Å². The lowest BCUT2D eigenvalue weighted by atomic mass is 9.47. The van der Waals surface area contributed by atoms with Crippen LogP contribution in [0.1, 0.15) is 99.3 Å². The van der Waals surface area contributed by atoms with Crippen LogP contribution in [-0.4, -0.2) is 90.3 Å². The van der Waals surface area contributed by atoms with Crippen LogP contribution in [0.4, 0.5) is 0 Å². The van der Waals surface area contributed by atoms with Gasteiger partial charge in [-0.05, 0) is 111 Å². The highest BCUT2D eigenvalue weighted by molar-refractivity contribution is 7.81. The van der Waals surface area contributed by atoms with Gasteiger partial charge in [-0.15, -0.1) is 0 Å². The summed E-state index contributed by atoms with van der Waals surface area (Å²) in [6.07, 6.45) is -0.146. The Morgan fingerprint density at radius 2 is 1.60 bits per heavy atom. The molecule has 0 spiro atoms. The van der Waals surface area contributed by atoms with E-state index in [1.54, 1.807) is 0 Å². The fraction of sp³-hybridized carbons (Fsp3) is 0.939. The largest absolute Gasteiger partial charge is 0.397 e. The zero-order valence-corrected chi connectivity index (χ0v) is 30.5. The summed E-state index contributed by atoms with van der Waals surface area (Å²) in [4.78, 5) is 0. The van der Waals surface area contributed by atoms with E-state index in [-0.39, 0.29) is 35.7 Å². The van der Waals surface area contributed by atoms with Crippen molar-refractivity contribution < 1.29 is 59.1 Å². The quantitative estimate of drug-likeness (QED) is 0.152. The van der Waals surface area contributed by atoms with Gasteiger partial charge in [-0.1, -0.05) is 46.3 Å². The van der Waals surface area contributed by atoms with Crippen LogP contribution in [0.2, 0.25) is 0 Å². The summed E-state index contributed by atoms with van der Waals surface area (Å²) in [5.41, 5.74) is 0.963. The number of rotatable bonds is 11. The van der Waals surface area contributed by atoms with Crippen molar-refractivity contribution in [2.75, 3.05) is 0 Å². The van der Waals surface area contributed by atoms with Gasteiger partial charge in [-0.2, -0.15) is 16.8 Å². The van der Waals surface area contributed by atoms with Gasteiger partial charge < -0.3 is 24.8 Å². The maximum Gasteiger partial charge on any atom is 0.397 e. The first-order valence-electron chi connectivity index (χ1n) is 17.5. The summed E-state index contributed by atoms with van der Waals surface area (Å²) < 4.78 is 86.9. The smallest absolute Gasteiger partial charge is 0.393 e. The van der Waals surface area contributed by atoms with Gasteiger partial charge in [0.05, 0.1) is 24.4 Å². The van der Waals surface area contributed by atoms with Gasteiger partial charge in [-0.25, -0.2) is 8.37 Å². The predicted octanol–water partition coefficient (Wildman–Crippen LogP) is 3.84. The molecule has 5 rings (SSSR count). The first-order chi connectivity index (χ1) is 22.1. The van der Waals surface area contributed by atoms with Crippen LogP contribution in [0.25, 0.3) is 0 Å². The second-order valence-corrected chi connectivity index (χ2v) is 18.3. The van der Waals surface area contributed by atoms with Gasteiger partial charge in [0.1, 0.15) is 18.3 Å². The van der Waals surface area contributed by atoms with Crippen molar-refractivity contribution in [1.29, 1.82) is 0 Å². The zero-order chi connectivity index (χ0) is 35.6. The standard InChI is InChI=1S/C33H56O13S2/c1-17(2)26(34)10-7-18(3)22-8-9-23-21-16-27(44-31-29(36)28(35)30(19(4)43-31)46-48(40,41)42)25-15-20(45-47(37,38)39)11-13-33(25,6)24(21)12-14-32(22,23)5/h12,17-23,25-31,34-36H,7-11,13-16H2,1-6H3,(H,37,38,39)(H,40,41,42). The van der Waals surface area contributed by atoms with Crippen LogP contribution < -0.4 is 0 Å². The molecule has 0 aromatic rings. The Kier molecular flexibility index (Phi) is 11.2. The number of allylic oxidation sites excluding steroid dienone is 2. The Balaban J connectivity index is 1.42. The van der Waals surface area contributed by atoms with Crippen molar-refractivity contribution in [3.8, 4) is 0 Å². The van der Waals surface area contributed by atoms with Gasteiger partial charge in [0.15, 0.2) is 6.29 Å². The lowest BCUT2D eigenvalue weighted by molar-refractivity contribution is -0.312. The molecule has 0 aromatic carbocycles. The molecule has 5 N–H and O–H groups in total. The maximum absolute atomic E-state index is 11.7. The Morgan fingerprint density at radius 3 is 2.23 bits per heavy atom. The molecule has 0 aromatic heterocycles. The lowest BCUT2D eigenvalue weighted by Crippen LogP contribution is -2.61. The molecule has 0 radical (unpaired) electrons. The monoisotopic (exact) mass is 724 g/mol. The van der Waals surface area contributed by atoms with E-state index in [4.69, 9.17) is 13.7 Å². The number of aliphatic hydroxyl groups excluding tert-OH is 3. The Morgan fingerprint density at radius 1 is 0.938 bits per heavy atom. The van der Waals surface area contributed by atoms with Gasteiger partial charge in [0.25, 0.3) is 0 Å². The molecule has 15 heteroatoms. The van der Waals surface area contributed by atoms with Crippen molar-refractivity contribution in [1.82, 2.24) is 0 Å². The molecular weight excluding hydrogens is 668 g/mol. The van der Waals surface area contributed by atoms with Gasteiger partial charge in [0.2, 0.25) is 0 Å². The van der Waals surface area contributed by atoms with Crippen molar-refractivity contribution >= 4 is 20.8 Å². The molecule has 4 fully saturated rings. The molecule has 15 atom stereocenters. The fourth-order valence-corrected chi connectivity index (χ4v) is 11.5. The van der Waals surface area contributed by atoms with Crippen LogP contribution in [0.5, 0.6) is 0 Å². The van der Waals surface area contributed by atoms with Gasteiger partial charge >= 0.3 is 20.8 Å². The van der Waals surface area contributed by atoms with Crippen molar-refractivity contribution in [2.45, 2.75) is 148 Å². The highest BCUT2D eigenvalue weighted by atomic mass is 32.3. The van der Waals surface area contributed by atoms with Crippen LogP contribution in [0, 0.1) is 46.3 Å². The molecule has 1 aliphatic heterocycles. The molecule has 5 aliphatic rings. The summed E-state index contributed by atoms with van der Waals surface area (Å²) in [5, 5.41) is 32.3. The van der Waals surface area contributed by atoms with E-state index < -0.39 is 69.1 Å². The molecular formula is C33H56O13S2. The number of fused-ring (bicyclic) bond motifs is 5. The summed E-state index contributed by atoms with van der Waals surface area (Å²) in [6.45, 7) is 12.4. The number of hydrogen-bond acceptors (Lipinski definition) is 11. The van der Waals surface area contributed by atoms with Crippen molar-refractivity contribution in [3.63, 3.8) is 0 Å². The molecule has 278 valence electrons. The molecule has 0 bridgehead atoms. The van der Waals surface area contributed by atoms with Crippen LogP contribution in [0.3, 0.4) is 0 Å². The average Bonchev–Trinajstić information content (AvgIpc) is 3.33. The van der Waals surface area contributed by atoms with E-state index in [0.717, 1.165) is 32.1 Å². The predicted molar refractivity (Wildman–Crippen MR) is 174 cm³/mol. The van der Waals surface area contributed by atoms with E-state index in [0.29, 0.717) is 37.0 Å². The Hall–Kier alpha value is -0.720. The lowest BCUT2D eigenvalue weighted by Gasteiger charge is -2.59. The summed E-state index contributed by atoms with van der Waals surface area (Å²) in [6, 6.07) is 0. The van der Waals surface area contributed by atoms with E-state index in [2.05, 4.69) is 31.0 Å². The van der Waals surface area contributed by atoms with E-state index in [9.17, 15) is 41.3 Å². The molecule has 48 heavy (non-hydrogen) atoms. The molecule has 15 unspecified atom stereocenters. The van der Waals surface area contributed by atoms with Crippen LogP contribution >= 0.6 is 0 Å². The van der Waals surface area contributed by atoms with Gasteiger partial charge in [-0.3, -0.25) is 9.11 Å². The highest BCUT2D eigenvalue weighted by Gasteiger charge is 2.61. The number of hydrogen-bond donors (Lipinski definition) is 5. The molecule has 1 heterocycles. The minimum Gasteiger partial charge on any atom is -0.393 e. The molecule has 1 saturated heterocycles. The topological polar surface area (TPSA) is 206 Å². The van der Waals surface area contributed by atoms with E-state index in [1.165, 1.54) is 12.5 Å². The summed E-state index contributed by atoms with van der Waals surface area (Å²) in [7, 11) is -9.64. The Bertz CT molecular complexity index is 1400. The minimum absolute atomic E-state index is 0.0291. The second kappa shape index (κ2) is 14.0. The van der Waals surface area contributed by atoms with Crippen molar-refractivity contribution in [2.24, 2.45) is 46.3 Å². The van der Waals surface area contributed by atoms with Crippen molar-refractivity contribution in [3.05, 3.63) is 11.6 Å². The Labute approximate surface area is 285 Å². The first-order valence-corrected chi connectivity index (χ1v) is 20.2. The highest BCUT2D eigenvalue weighted by Crippen LogP contribution is 2.67. The van der Waals surface area contributed by atoms with Crippen LogP contribution in [-0.2, 0) is 38.6 Å². The molecule has 0 amide bonds. The normalized spacial score (nSPS) is 44.8. The van der Waals surface area contributed by atoms with Crippen LogP contribution in [0.15, 0.2) is 11.6 Å². The molecule has 4 aliphatic carbocycles. The maximum atomic E-state index is 11.7. The average molecular weight is 725 g/mol. The molecule has 13 nitrogen and oxygen atoms in total. The molecule has 3 saturated carbocycles. The SMILES string of the molecule is CC(C)C(O)CCC(C)C1CCC2C3CC(OC4OC(C)C(OS(=O)(=O)O)C(O)C4O)C4CC(OS(=O)(=O)O)CCC4(C)C3=CCC12C. The summed E-state index contributed by atoms with van der Waals surface area (Å²) >= 11 is 0. The fourth-order valence-electron chi connectivity index (χ4n) is 10.4. The summed E-state index contributed by atoms with van der Waals surface area (Å²) in [5.74, 6) is 1.33. The number of ether oxygens (including phenoxy) is 2. The first kappa shape index (κ1) is 38.5. The third kappa shape index (κ3) is 7.71. The minimum atomic E-state index is -4.95. The van der Waals surface area contributed by atoms with E-state index in [1.807, 2.05) is 13.8 Å². The van der Waals surface area contributed by atoms with Gasteiger partial charge in [0, 0.05) is 0 Å². The second-order valence-electron chi connectivity index (χ2n) is 16.2. The third-order valence-corrected chi connectivity index (χ3v) is 14.0. The third-order valence-electron chi connectivity index (χ3n) is 13.0.